The number of rotatable bonds is 4. The van der Waals surface area contributed by atoms with Crippen LogP contribution < -0.4 is 4.90 Å². The summed E-state index contributed by atoms with van der Waals surface area (Å²) in [5.41, 5.74) is 6.37. The number of benzene rings is 2. The highest BCUT2D eigenvalue weighted by molar-refractivity contribution is 8.03. The maximum absolute atomic E-state index is 4.35. The third kappa shape index (κ3) is 3.50. The highest BCUT2D eigenvalue weighted by Crippen LogP contribution is 2.40. The predicted octanol–water partition coefficient (Wildman–Crippen LogP) is 7.56. The number of aryl methyl sites for hydroxylation is 2. The number of hydrogen-bond acceptors (Lipinski definition) is 3. The Labute approximate surface area is 169 Å². The zero-order valence-electron chi connectivity index (χ0n) is 16.0. The van der Waals surface area contributed by atoms with Gasteiger partial charge in [-0.15, -0.1) is 11.3 Å². The summed E-state index contributed by atoms with van der Waals surface area (Å²) in [4.78, 5) is 4.67. The van der Waals surface area contributed by atoms with Gasteiger partial charge in [0.15, 0.2) is 0 Å². The van der Waals surface area contributed by atoms with Crippen molar-refractivity contribution < 1.29 is 0 Å². The molecule has 2 aromatic carbocycles. The molecule has 0 atom stereocenters. The Morgan fingerprint density at radius 3 is 2.85 bits per heavy atom. The van der Waals surface area contributed by atoms with E-state index in [2.05, 4.69) is 92.4 Å². The SMILES string of the molecule is C=C(/C=C1\C=CN(CC)c2ccc(C)cc21)Sc1c(C)ccc2sccc12. The van der Waals surface area contributed by atoms with E-state index in [0.29, 0.717) is 0 Å². The Hall–Kier alpha value is -2.23. The van der Waals surface area contributed by atoms with Gasteiger partial charge in [0.25, 0.3) is 0 Å². The molecule has 3 heteroatoms. The Balaban J connectivity index is 1.69. The van der Waals surface area contributed by atoms with E-state index in [9.17, 15) is 0 Å². The van der Waals surface area contributed by atoms with E-state index in [0.717, 1.165) is 11.4 Å². The van der Waals surface area contributed by atoms with Crippen LogP contribution in [0.2, 0.25) is 0 Å². The Morgan fingerprint density at radius 1 is 1.19 bits per heavy atom. The van der Waals surface area contributed by atoms with Gasteiger partial charge in [-0.2, -0.15) is 0 Å². The molecule has 0 spiro atoms. The number of hydrogen-bond donors (Lipinski definition) is 0. The molecule has 1 aliphatic rings. The summed E-state index contributed by atoms with van der Waals surface area (Å²) >= 11 is 3.56. The highest BCUT2D eigenvalue weighted by Gasteiger charge is 2.16. The Kier molecular flexibility index (Phi) is 4.98. The average Bonchev–Trinajstić information content (AvgIpc) is 3.13. The number of anilines is 1. The van der Waals surface area contributed by atoms with Crippen molar-refractivity contribution in [1.82, 2.24) is 0 Å². The minimum absolute atomic E-state index is 0.967. The molecule has 1 aliphatic heterocycles. The van der Waals surface area contributed by atoms with Gasteiger partial charge in [-0.1, -0.05) is 36.0 Å². The second kappa shape index (κ2) is 7.41. The molecule has 0 fully saturated rings. The fourth-order valence-corrected chi connectivity index (χ4v) is 5.29. The molecule has 0 amide bonds. The highest BCUT2D eigenvalue weighted by atomic mass is 32.2. The third-order valence-electron chi connectivity index (χ3n) is 4.88. The average molecular weight is 390 g/mol. The van der Waals surface area contributed by atoms with Gasteiger partial charge in [0, 0.05) is 43.9 Å². The molecule has 136 valence electrons. The Bertz CT molecular complexity index is 1080. The molecule has 3 aromatic rings. The summed E-state index contributed by atoms with van der Waals surface area (Å²) in [6.45, 7) is 11.8. The van der Waals surface area contributed by atoms with Gasteiger partial charge in [-0.25, -0.2) is 0 Å². The van der Waals surface area contributed by atoms with E-state index < -0.39 is 0 Å². The van der Waals surface area contributed by atoms with E-state index in [1.807, 2.05) is 0 Å². The molecule has 0 aliphatic carbocycles. The first-order valence-electron chi connectivity index (χ1n) is 9.18. The van der Waals surface area contributed by atoms with Crippen molar-refractivity contribution in [3.05, 3.63) is 88.3 Å². The summed E-state index contributed by atoms with van der Waals surface area (Å²) in [5, 5.41) is 3.49. The van der Waals surface area contributed by atoms with Crippen LogP contribution in [0.1, 0.15) is 23.6 Å². The number of allylic oxidation sites excluding steroid dienone is 3. The largest absolute Gasteiger partial charge is 0.348 e. The van der Waals surface area contributed by atoms with Crippen molar-refractivity contribution in [3.63, 3.8) is 0 Å². The summed E-state index contributed by atoms with van der Waals surface area (Å²) in [5.74, 6) is 0. The van der Waals surface area contributed by atoms with E-state index in [1.54, 1.807) is 23.1 Å². The molecule has 1 nitrogen and oxygen atoms in total. The summed E-state index contributed by atoms with van der Waals surface area (Å²) in [7, 11) is 0. The first kappa shape index (κ1) is 18.1. The van der Waals surface area contributed by atoms with Crippen molar-refractivity contribution in [2.45, 2.75) is 25.7 Å². The maximum atomic E-state index is 4.35. The lowest BCUT2D eigenvalue weighted by molar-refractivity contribution is 1.01. The van der Waals surface area contributed by atoms with Gasteiger partial charge < -0.3 is 4.90 Å². The normalized spacial score (nSPS) is 14.8. The smallest absolute Gasteiger partial charge is 0.0485 e. The lowest BCUT2D eigenvalue weighted by atomic mass is 9.97. The minimum atomic E-state index is 0.967. The summed E-state index contributed by atoms with van der Waals surface area (Å²) in [6, 6.07) is 13.3. The van der Waals surface area contributed by atoms with Crippen LogP contribution in [0.5, 0.6) is 0 Å². The van der Waals surface area contributed by atoms with Crippen LogP contribution in [0, 0.1) is 13.8 Å². The van der Waals surface area contributed by atoms with Gasteiger partial charge in [0.05, 0.1) is 0 Å². The van der Waals surface area contributed by atoms with Crippen LogP contribution >= 0.6 is 23.1 Å². The molecule has 0 radical (unpaired) electrons. The molecule has 0 saturated carbocycles. The molecule has 0 saturated heterocycles. The zero-order valence-corrected chi connectivity index (χ0v) is 17.6. The summed E-state index contributed by atoms with van der Waals surface area (Å²) < 4.78 is 1.33. The molecule has 0 bridgehead atoms. The number of nitrogens with zero attached hydrogens (tertiary/aromatic N) is 1. The topological polar surface area (TPSA) is 3.24 Å². The van der Waals surface area contributed by atoms with Crippen LogP contribution in [0.4, 0.5) is 5.69 Å². The molecule has 0 N–H and O–H groups in total. The van der Waals surface area contributed by atoms with Crippen molar-refractivity contribution >= 4 is 44.4 Å². The standard InChI is InChI=1S/C24H23NS2/c1-5-25-12-10-19(21-14-16(2)6-8-22(21)25)15-18(4)27-24-17(3)7-9-23-20(24)11-13-26-23/h6-15H,4-5H2,1-3H3/b19-15+. The molecule has 0 unspecified atom stereocenters. The van der Waals surface area contributed by atoms with Crippen LogP contribution in [0.3, 0.4) is 0 Å². The van der Waals surface area contributed by atoms with Gasteiger partial charge in [0.2, 0.25) is 0 Å². The molecular formula is C24H23NS2. The molecule has 2 heterocycles. The molecule has 27 heavy (non-hydrogen) atoms. The van der Waals surface area contributed by atoms with Crippen molar-refractivity contribution in [1.29, 1.82) is 0 Å². The Morgan fingerprint density at radius 2 is 2.04 bits per heavy atom. The lowest BCUT2D eigenvalue weighted by Gasteiger charge is -2.27. The fourth-order valence-electron chi connectivity index (χ4n) is 3.47. The first-order valence-corrected chi connectivity index (χ1v) is 10.9. The van der Waals surface area contributed by atoms with Gasteiger partial charge in [-0.05, 0) is 73.7 Å². The monoisotopic (exact) mass is 389 g/mol. The van der Waals surface area contributed by atoms with Crippen LogP contribution in [-0.2, 0) is 0 Å². The molecular weight excluding hydrogens is 366 g/mol. The van der Waals surface area contributed by atoms with E-state index in [-0.39, 0.29) is 0 Å². The maximum Gasteiger partial charge on any atom is 0.0485 e. The van der Waals surface area contributed by atoms with Crippen LogP contribution in [-0.4, -0.2) is 6.54 Å². The molecule has 4 rings (SSSR count). The third-order valence-corrected chi connectivity index (χ3v) is 6.89. The van der Waals surface area contributed by atoms with E-state index >= 15 is 0 Å². The van der Waals surface area contributed by atoms with Crippen molar-refractivity contribution in [3.8, 4) is 0 Å². The first-order chi connectivity index (χ1) is 13.1. The van der Waals surface area contributed by atoms with Gasteiger partial charge >= 0.3 is 0 Å². The predicted molar refractivity (Wildman–Crippen MR) is 123 cm³/mol. The van der Waals surface area contributed by atoms with Crippen molar-refractivity contribution in [2.24, 2.45) is 0 Å². The zero-order chi connectivity index (χ0) is 19.0. The summed E-state index contributed by atoms with van der Waals surface area (Å²) in [6.07, 6.45) is 6.60. The molecule has 1 aromatic heterocycles. The number of fused-ring (bicyclic) bond motifs is 2. The quantitative estimate of drug-likeness (QED) is 0.423. The van der Waals surface area contributed by atoms with Crippen LogP contribution in [0.15, 0.2) is 76.5 Å². The number of thioether (sulfide) groups is 1. The lowest BCUT2D eigenvalue weighted by Crippen LogP contribution is -2.19. The minimum Gasteiger partial charge on any atom is -0.348 e. The van der Waals surface area contributed by atoms with Crippen LogP contribution in [0.25, 0.3) is 15.7 Å². The van der Waals surface area contributed by atoms with E-state index in [1.165, 1.54) is 42.9 Å². The fraction of sp³-hybridized carbons (Fsp3) is 0.167. The van der Waals surface area contributed by atoms with Gasteiger partial charge in [-0.3, -0.25) is 0 Å². The van der Waals surface area contributed by atoms with Crippen molar-refractivity contribution in [2.75, 3.05) is 11.4 Å². The number of thiophene rings is 1. The second-order valence-corrected chi connectivity index (χ2v) is 8.92. The second-order valence-electron chi connectivity index (χ2n) is 6.83. The van der Waals surface area contributed by atoms with Gasteiger partial charge in [0.1, 0.15) is 0 Å². The van der Waals surface area contributed by atoms with E-state index in [4.69, 9.17) is 0 Å².